The Morgan fingerprint density at radius 1 is 0.939 bits per heavy atom. The predicted octanol–water partition coefficient (Wildman–Crippen LogP) is 5.78. The van der Waals surface area contributed by atoms with Crippen LogP contribution in [0.15, 0.2) is 65.5 Å². The molecule has 0 atom stereocenters. The Kier molecular flexibility index (Phi) is 6.31. The van der Waals surface area contributed by atoms with E-state index in [-0.39, 0.29) is 16.0 Å². The average Bonchev–Trinajstić information content (AvgIpc) is 2.82. The maximum atomic E-state index is 13.6. The molecule has 0 saturated heterocycles. The van der Waals surface area contributed by atoms with Gasteiger partial charge in [0.1, 0.15) is 5.82 Å². The maximum absolute atomic E-state index is 13.6. The van der Waals surface area contributed by atoms with E-state index < -0.39 is 5.91 Å². The van der Waals surface area contributed by atoms with Crippen LogP contribution < -0.4 is 20.2 Å². The van der Waals surface area contributed by atoms with E-state index in [2.05, 4.69) is 5.32 Å². The maximum Gasteiger partial charge on any atom is 0.258 e. The lowest BCUT2D eigenvalue weighted by molar-refractivity contribution is 0.102. The number of anilines is 1. The second-order valence-corrected chi connectivity index (χ2v) is 8.12. The quantitative estimate of drug-likeness (QED) is 0.391. The van der Waals surface area contributed by atoms with Gasteiger partial charge in [0, 0.05) is 17.5 Å². The summed E-state index contributed by atoms with van der Waals surface area (Å²) in [6.07, 6.45) is 0. The zero-order chi connectivity index (χ0) is 23.7. The molecule has 1 N–H and O–H groups in total. The van der Waals surface area contributed by atoms with Crippen LogP contribution in [0.2, 0.25) is 10.0 Å². The number of nitrogens with zero attached hydrogens (tertiary/aromatic N) is 1. The Morgan fingerprint density at radius 3 is 2.36 bits per heavy atom. The van der Waals surface area contributed by atoms with Gasteiger partial charge in [-0.25, -0.2) is 0 Å². The van der Waals surface area contributed by atoms with E-state index in [9.17, 15) is 9.59 Å². The lowest BCUT2D eigenvalue weighted by atomic mass is 10.0. The highest BCUT2D eigenvalue weighted by atomic mass is 35.5. The number of para-hydroxylation sites is 1. The number of carbonyl (C=O) groups is 1. The molecule has 0 aliphatic heterocycles. The highest BCUT2D eigenvalue weighted by molar-refractivity contribution is 6.37. The molecule has 4 rings (SSSR count). The first-order valence-electron chi connectivity index (χ1n) is 9.96. The molecule has 0 aliphatic carbocycles. The Bertz CT molecular complexity index is 1450. The van der Waals surface area contributed by atoms with E-state index in [1.807, 2.05) is 12.1 Å². The highest BCUT2D eigenvalue weighted by Gasteiger charge is 2.21. The Labute approximate surface area is 200 Å². The summed E-state index contributed by atoms with van der Waals surface area (Å²) >= 11 is 12.2. The molecular weight excluding hydrogens is 463 g/mol. The Hall–Kier alpha value is -3.48. The number of hydrogen-bond donors (Lipinski definition) is 1. The first-order valence-corrected chi connectivity index (χ1v) is 10.7. The summed E-state index contributed by atoms with van der Waals surface area (Å²) in [5, 5.41) is 4.02. The van der Waals surface area contributed by atoms with Gasteiger partial charge in [0.2, 0.25) is 0 Å². The molecule has 8 heteroatoms. The van der Waals surface area contributed by atoms with Gasteiger partial charge in [-0.15, -0.1) is 0 Å². The van der Waals surface area contributed by atoms with Crippen molar-refractivity contribution in [2.24, 2.45) is 7.05 Å². The summed E-state index contributed by atoms with van der Waals surface area (Å²) in [6.45, 7) is 0. The summed E-state index contributed by atoms with van der Waals surface area (Å²) in [7, 11) is 4.84. The molecule has 0 spiro atoms. The van der Waals surface area contributed by atoms with Crippen molar-refractivity contribution in [1.82, 2.24) is 4.57 Å². The zero-order valence-electron chi connectivity index (χ0n) is 18.1. The first kappa shape index (κ1) is 22.7. The number of amides is 1. The SMILES string of the molecule is COc1ccc(-c2c(NC(=O)c3ccc(Cl)cc3Cl)n(C)c3ccccc3c2=O)cc1OC. The van der Waals surface area contributed by atoms with Crippen molar-refractivity contribution in [3.05, 3.63) is 86.5 Å². The van der Waals surface area contributed by atoms with Gasteiger partial charge in [-0.05, 0) is 48.0 Å². The van der Waals surface area contributed by atoms with Gasteiger partial charge in [-0.1, -0.05) is 41.4 Å². The van der Waals surface area contributed by atoms with Crippen LogP contribution >= 0.6 is 23.2 Å². The van der Waals surface area contributed by atoms with Crippen LogP contribution in [0.1, 0.15) is 10.4 Å². The van der Waals surface area contributed by atoms with E-state index >= 15 is 0 Å². The largest absolute Gasteiger partial charge is 0.493 e. The molecule has 3 aromatic carbocycles. The van der Waals surface area contributed by atoms with Crippen molar-refractivity contribution in [3.63, 3.8) is 0 Å². The monoisotopic (exact) mass is 482 g/mol. The standard InChI is InChI=1S/C25H20Cl2N2O4/c1-29-19-7-5-4-6-17(19)23(30)22(14-8-11-20(32-2)21(12-14)33-3)24(29)28-25(31)16-10-9-15(26)13-18(16)27/h4-13H,1-3H3,(H,28,31). The van der Waals surface area contributed by atoms with E-state index in [0.717, 1.165) is 0 Å². The van der Waals surface area contributed by atoms with Gasteiger partial charge >= 0.3 is 0 Å². The summed E-state index contributed by atoms with van der Waals surface area (Å²) in [6, 6.07) is 17.0. The van der Waals surface area contributed by atoms with Crippen LogP contribution in [0, 0.1) is 0 Å². The lowest BCUT2D eigenvalue weighted by Gasteiger charge is -2.19. The van der Waals surface area contributed by atoms with Gasteiger partial charge in [-0.2, -0.15) is 0 Å². The molecule has 33 heavy (non-hydrogen) atoms. The molecule has 0 unspecified atom stereocenters. The molecule has 1 aromatic heterocycles. The van der Waals surface area contributed by atoms with Crippen molar-refractivity contribution in [3.8, 4) is 22.6 Å². The number of hydrogen-bond acceptors (Lipinski definition) is 4. The number of halogens is 2. The molecule has 1 amide bonds. The third-order valence-corrected chi connectivity index (χ3v) is 5.94. The number of rotatable bonds is 5. The van der Waals surface area contributed by atoms with Crippen molar-refractivity contribution in [2.75, 3.05) is 19.5 Å². The summed E-state index contributed by atoms with van der Waals surface area (Å²) in [4.78, 5) is 26.8. The molecule has 1 heterocycles. The average molecular weight is 483 g/mol. The van der Waals surface area contributed by atoms with Crippen LogP contribution in [0.5, 0.6) is 11.5 Å². The molecule has 4 aromatic rings. The summed E-state index contributed by atoms with van der Waals surface area (Å²) in [5.74, 6) is 0.839. The second kappa shape index (κ2) is 9.17. The molecule has 0 bridgehead atoms. The van der Waals surface area contributed by atoms with Gasteiger partial charge in [0.05, 0.1) is 35.9 Å². The first-order chi connectivity index (χ1) is 15.8. The number of methoxy groups -OCH3 is 2. The molecule has 0 aliphatic rings. The topological polar surface area (TPSA) is 69.6 Å². The molecule has 0 radical (unpaired) electrons. The third kappa shape index (κ3) is 4.15. The minimum atomic E-state index is -0.469. The lowest BCUT2D eigenvalue weighted by Crippen LogP contribution is -2.21. The number of ether oxygens (including phenoxy) is 2. The summed E-state index contributed by atoms with van der Waals surface area (Å²) in [5.41, 5.74) is 1.56. The number of fused-ring (bicyclic) bond motifs is 1. The number of nitrogens with one attached hydrogen (secondary N) is 1. The number of aromatic nitrogens is 1. The van der Waals surface area contributed by atoms with Gasteiger partial charge in [0.25, 0.3) is 5.91 Å². The second-order valence-electron chi connectivity index (χ2n) is 7.28. The minimum Gasteiger partial charge on any atom is -0.493 e. The van der Waals surface area contributed by atoms with Crippen LogP contribution in [0.4, 0.5) is 5.82 Å². The van der Waals surface area contributed by atoms with Crippen LogP contribution in [0.25, 0.3) is 22.0 Å². The van der Waals surface area contributed by atoms with E-state index in [0.29, 0.717) is 44.4 Å². The number of benzene rings is 3. The van der Waals surface area contributed by atoms with Crippen molar-refractivity contribution < 1.29 is 14.3 Å². The van der Waals surface area contributed by atoms with E-state index in [1.54, 1.807) is 48.0 Å². The Morgan fingerprint density at radius 2 is 1.67 bits per heavy atom. The van der Waals surface area contributed by atoms with Gasteiger partial charge in [0.15, 0.2) is 16.9 Å². The number of aryl methyl sites for hydroxylation is 1. The van der Waals surface area contributed by atoms with Gasteiger partial charge in [-0.3, -0.25) is 9.59 Å². The molecule has 168 valence electrons. The van der Waals surface area contributed by atoms with Crippen molar-refractivity contribution >= 4 is 45.8 Å². The van der Waals surface area contributed by atoms with Crippen LogP contribution in [0.3, 0.4) is 0 Å². The van der Waals surface area contributed by atoms with Crippen molar-refractivity contribution in [1.29, 1.82) is 0 Å². The minimum absolute atomic E-state index is 0.207. The fourth-order valence-electron chi connectivity index (χ4n) is 3.74. The Balaban J connectivity index is 1.96. The predicted molar refractivity (Wildman–Crippen MR) is 132 cm³/mol. The summed E-state index contributed by atoms with van der Waals surface area (Å²) < 4.78 is 12.5. The fourth-order valence-corrected chi connectivity index (χ4v) is 4.24. The van der Waals surface area contributed by atoms with Crippen LogP contribution in [-0.4, -0.2) is 24.7 Å². The number of pyridine rings is 1. The van der Waals surface area contributed by atoms with Gasteiger partial charge < -0.3 is 19.4 Å². The van der Waals surface area contributed by atoms with E-state index in [1.165, 1.54) is 26.4 Å². The van der Waals surface area contributed by atoms with Crippen LogP contribution in [-0.2, 0) is 7.05 Å². The number of carbonyl (C=O) groups excluding carboxylic acids is 1. The highest BCUT2D eigenvalue weighted by Crippen LogP contribution is 2.35. The fraction of sp³-hybridized carbons (Fsp3) is 0.120. The molecule has 0 fully saturated rings. The molecule has 0 saturated carbocycles. The normalized spacial score (nSPS) is 10.8. The van der Waals surface area contributed by atoms with Crippen molar-refractivity contribution in [2.45, 2.75) is 0 Å². The zero-order valence-corrected chi connectivity index (χ0v) is 19.6. The molecular formula is C25H20Cl2N2O4. The smallest absolute Gasteiger partial charge is 0.258 e. The van der Waals surface area contributed by atoms with E-state index in [4.69, 9.17) is 32.7 Å². The molecule has 6 nitrogen and oxygen atoms in total. The third-order valence-electron chi connectivity index (χ3n) is 5.39.